The maximum atomic E-state index is 12.2. The fourth-order valence-electron chi connectivity index (χ4n) is 1.73. The summed E-state index contributed by atoms with van der Waals surface area (Å²) in [6.45, 7) is 4.05. The Morgan fingerprint density at radius 3 is 2.53 bits per heavy atom. The van der Waals surface area contributed by atoms with Crippen LogP contribution in [0.1, 0.15) is 21.5 Å². The lowest BCUT2D eigenvalue weighted by Crippen LogP contribution is -2.13. The fraction of sp³-hybridized carbons (Fsp3) is 0.133. The number of benzene rings is 2. The van der Waals surface area contributed by atoms with E-state index in [1.54, 1.807) is 18.2 Å². The number of hydrogen-bond donors (Lipinski definition) is 2. The molecule has 0 radical (unpaired) electrons. The molecule has 2 rings (SSSR count). The lowest BCUT2D eigenvalue weighted by Gasteiger charge is -2.09. The van der Waals surface area contributed by atoms with E-state index in [2.05, 4.69) is 21.2 Å². The second-order valence-corrected chi connectivity index (χ2v) is 5.35. The van der Waals surface area contributed by atoms with Crippen LogP contribution in [0.5, 0.6) is 0 Å². The van der Waals surface area contributed by atoms with Gasteiger partial charge in [-0.15, -0.1) is 0 Å². The maximum Gasteiger partial charge on any atom is 0.256 e. The SMILES string of the molecule is Cc1ccc(NC(=O)c2cc(N)ccc2Br)cc1C. The summed E-state index contributed by atoms with van der Waals surface area (Å²) in [6, 6.07) is 11.0. The highest BCUT2D eigenvalue weighted by molar-refractivity contribution is 9.10. The molecule has 0 bridgehead atoms. The summed E-state index contributed by atoms with van der Waals surface area (Å²) >= 11 is 3.35. The van der Waals surface area contributed by atoms with Crippen LogP contribution in [0, 0.1) is 13.8 Å². The predicted molar refractivity (Wildman–Crippen MR) is 82.4 cm³/mol. The summed E-state index contributed by atoms with van der Waals surface area (Å²) < 4.78 is 0.725. The molecule has 3 N–H and O–H groups in total. The van der Waals surface area contributed by atoms with Gasteiger partial charge in [0.1, 0.15) is 0 Å². The smallest absolute Gasteiger partial charge is 0.256 e. The fourth-order valence-corrected chi connectivity index (χ4v) is 2.16. The molecule has 2 aromatic carbocycles. The number of amides is 1. The molecular weight excluding hydrogens is 304 g/mol. The predicted octanol–water partition coefficient (Wildman–Crippen LogP) is 3.90. The molecule has 0 fully saturated rings. The van der Waals surface area contributed by atoms with E-state index >= 15 is 0 Å². The first-order valence-electron chi connectivity index (χ1n) is 5.91. The van der Waals surface area contributed by atoms with Crippen molar-refractivity contribution in [3.05, 3.63) is 57.6 Å². The number of anilines is 2. The molecule has 19 heavy (non-hydrogen) atoms. The average molecular weight is 319 g/mol. The van der Waals surface area contributed by atoms with Gasteiger partial charge in [0.2, 0.25) is 0 Å². The molecule has 3 nitrogen and oxygen atoms in total. The quantitative estimate of drug-likeness (QED) is 0.825. The summed E-state index contributed by atoms with van der Waals surface area (Å²) in [7, 11) is 0. The number of nitrogens with two attached hydrogens (primary N) is 1. The second-order valence-electron chi connectivity index (χ2n) is 4.49. The van der Waals surface area contributed by atoms with Crippen LogP contribution in [0.3, 0.4) is 0 Å². The second kappa shape index (κ2) is 5.45. The van der Waals surface area contributed by atoms with Crippen LogP contribution in [0.4, 0.5) is 11.4 Å². The van der Waals surface area contributed by atoms with E-state index in [9.17, 15) is 4.79 Å². The molecule has 0 atom stereocenters. The average Bonchev–Trinajstić information content (AvgIpc) is 2.36. The standard InChI is InChI=1S/C15H15BrN2O/c1-9-3-5-12(7-10(9)2)18-15(19)13-8-11(17)4-6-14(13)16/h3-8H,17H2,1-2H3,(H,18,19). The number of carbonyl (C=O) groups is 1. The number of nitrogen functional groups attached to an aromatic ring is 1. The van der Waals surface area contributed by atoms with Gasteiger partial charge in [0.15, 0.2) is 0 Å². The van der Waals surface area contributed by atoms with Crippen LogP contribution in [0.15, 0.2) is 40.9 Å². The molecule has 0 spiro atoms. The van der Waals surface area contributed by atoms with Crippen molar-refractivity contribution in [2.24, 2.45) is 0 Å². The van der Waals surface area contributed by atoms with Crippen LogP contribution in [-0.2, 0) is 0 Å². The van der Waals surface area contributed by atoms with Crippen molar-refractivity contribution in [1.82, 2.24) is 0 Å². The van der Waals surface area contributed by atoms with Crippen LogP contribution < -0.4 is 11.1 Å². The lowest BCUT2D eigenvalue weighted by atomic mass is 10.1. The summed E-state index contributed by atoms with van der Waals surface area (Å²) in [5.41, 5.74) is 9.91. The van der Waals surface area contributed by atoms with E-state index in [1.807, 2.05) is 32.0 Å². The van der Waals surface area contributed by atoms with Crippen LogP contribution >= 0.6 is 15.9 Å². The van der Waals surface area contributed by atoms with Crippen molar-refractivity contribution in [2.45, 2.75) is 13.8 Å². The Hall–Kier alpha value is -1.81. The van der Waals surface area contributed by atoms with E-state index in [0.717, 1.165) is 15.7 Å². The van der Waals surface area contributed by atoms with Gasteiger partial charge in [-0.2, -0.15) is 0 Å². The third kappa shape index (κ3) is 3.15. The molecule has 0 aliphatic carbocycles. The molecule has 0 aliphatic rings. The molecule has 0 aliphatic heterocycles. The highest BCUT2D eigenvalue weighted by Crippen LogP contribution is 2.21. The van der Waals surface area contributed by atoms with Gasteiger partial charge in [0.25, 0.3) is 5.91 Å². The Morgan fingerprint density at radius 2 is 1.84 bits per heavy atom. The highest BCUT2D eigenvalue weighted by Gasteiger charge is 2.11. The normalized spacial score (nSPS) is 10.3. The topological polar surface area (TPSA) is 55.1 Å². The van der Waals surface area contributed by atoms with Crippen molar-refractivity contribution >= 4 is 33.2 Å². The zero-order valence-electron chi connectivity index (χ0n) is 10.8. The van der Waals surface area contributed by atoms with Gasteiger partial charge in [0.05, 0.1) is 5.56 Å². The van der Waals surface area contributed by atoms with E-state index in [1.165, 1.54) is 5.56 Å². The molecular formula is C15H15BrN2O. The van der Waals surface area contributed by atoms with Gasteiger partial charge in [0, 0.05) is 15.8 Å². The third-order valence-electron chi connectivity index (χ3n) is 3.00. The van der Waals surface area contributed by atoms with Gasteiger partial charge in [-0.05, 0) is 71.2 Å². The van der Waals surface area contributed by atoms with E-state index in [4.69, 9.17) is 5.73 Å². The van der Waals surface area contributed by atoms with Crippen molar-refractivity contribution in [3.63, 3.8) is 0 Å². The minimum Gasteiger partial charge on any atom is -0.399 e. The van der Waals surface area contributed by atoms with Gasteiger partial charge >= 0.3 is 0 Å². The lowest BCUT2D eigenvalue weighted by molar-refractivity contribution is 0.102. The van der Waals surface area contributed by atoms with Gasteiger partial charge < -0.3 is 11.1 Å². The Labute approximate surface area is 121 Å². The Bertz CT molecular complexity index is 638. The van der Waals surface area contributed by atoms with Crippen LogP contribution in [0.25, 0.3) is 0 Å². The molecule has 4 heteroatoms. The van der Waals surface area contributed by atoms with Crippen molar-refractivity contribution < 1.29 is 4.79 Å². The van der Waals surface area contributed by atoms with Crippen molar-refractivity contribution in [1.29, 1.82) is 0 Å². The number of carbonyl (C=O) groups excluding carboxylic acids is 1. The summed E-state index contributed by atoms with van der Waals surface area (Å²) in [6.07, 6.45) is 0. The number of rotatable bonds is 2. The Kier molecular flexibility index (Phi) is 3.90. The van der Waals surface area contributed by atoms with Gasteiger partial charge in [-0.25, -0.2) is 0 Å². The van der Waals surface area contributed by atoms with E-state index in [0.29, 0.717) is 11.3 Å². The maximum absolute atomic E-state index is 12.2. The molecule has 98 valence electrons. The molecule has 2 aromatic rings. The van der Waals surface area contributed by atoms with Gasteiger partial charge in [-0.1, -0.05) is 6.07 Å². The van der Waals surface area contributed by atoms with Gasteiger partial charge in [-0.3, -0.25) is 4.79 Å². The zero-order valence-corrected chi connectivity index (χ0v) is 12.4. The molecule has 0 aromatic heterocycles. The van der Waals surface area contributed by atoms with Crippen molar-refractivity contribution in [3.8, 4) is 0 Å². The first kappa shape index (κ1) is 13.6. The molecule has 0 heterocycles. The number of halogens is 1. The Balaban J connectivity index is 2.25. The number of aryl methyl sites for hydroxylation is 2. The number of nitrogens with one attached hydrogen (secondary N) is 1. The van der Waals surface area contributed by atoms with E-state index < -0.39 is 0 Å². The molecule has 0 saturated carbocycles. The third-order valence-corrected chi connectivity index (χ3v) is 3.69. The largest absolute Gasteiger partial charge is 0.399 e. The summed E-state index contributed by atoms with van der Waals surface area (Å²) in [4.78, 5) is 12.2. The summed E-state index contributed by atoms with van der Waals surface area (Å²) in [5.74, 6) is -0.178. The molecule has 0 saturated heterocycles. The Morgan fingerprint density at radius 1 is 1.11 bits per heavy atom. The van der Waals surface area contributed by atoms with Crippen molar-refractivity contribution in [2.75, 3.05) is 11.1 Å². The minimum absolute atomic E-state index is 0.178. The number of hydrogen-bond acceptors (Lipinski definition) is 2. The first-order chi connectivity index (χ1) is 8.97. The monoisotopic (exact) mass is 318 g/mol. The molecule has 0 unspecified atom stereocenters. The minimum atomic E-state index is -0.178. The summed E-state index contributed by atoms with van der Waals surface area (Å²) in [5, 5.41) is 2.87. The molecule has 1 amide bonds. The van der Waals surface area contributed by atoms with Crippen LogP contribution in [0.2, 0.25) is 0 Å². The first-order valence-corrected chi connectivity index (χ1v) is 6.70. The van der Waals surface area contributed by atoms with Crippen LogP contribution in [-0.4, -0.2) is 5.91 Å². The van der Waals surface area contributed by atoms with E-state index in [-0.39, 0.29) is 5.91 Å². The zero-order chi connectivity index (χ0) is 14.0. The highest BCUT2D eigenvalue weighted by atomic mass is 79.9.